The molecule has 0 unspecified atom stereocenters. The van der Waals surface area contributed by atoms with Gasteiger partial charge in [0.25, 0.3) is 0 Å². The minimum Gasteiger partial charge on any atom is -0.394 e. The van der Waals surface area contributed by atoms with Crippen LogP contribution in [0.25, 0.3) is 0 Å². The predicted octanol–water partition coefficient (Wildman–Crippen LogP) is 2.96. The van der Waals surface area contributed by atoms with Gasteiger partial charge in [0.15, 0.2) is 0 Å². The fourth-order valence-corrected chi connectivity index (χ4v) is 4.21. The zero-order chi connectivity index (χ0) is 16.4. The molecule has 0 bridgehead atoms. The first-order valence-electron chi connectivity index (χ1n) is 7.89. The van der Waals surface area contributed by atoms with E-state index in [4.69, 9.17) is 5.11 Å². The summed E-state index contributed by atoms with van der Waals surface area (Å²) >= 11 is 1.79. The summed E-state index contributed by atoms with van der Waals surface area (Å²) in [7, 11) is 0. The number of thioether (sulfide) groups is 1. The van der Waals surface area contributed by atoms with Crippen molar-refractivity contribution in [2.75, 3.05) is 12.4 Å². The Morgan fingerprint density at radius 2 is 2.26 bits per heavy atom. The first kappa shape index (κ1) is 16.5. The number of fused-ring (bicyclic) bond motifs is 1. The average Bonchev–Trinajstić information content (AvgIpc) is 2.80. The molecule has 0 saturated heterocycles. The zero-order valence-corrected chi connectivity index (χ0v) is 14.3. The van der Waals surface area contributed by atoms with Gasteiger partial charge in [-0.2, -0.15) is 5.10 Å². The van der Waals surface area contributed by atoms with Crippen LogP contribution in [0.4, 0.5) is 4.39 Å². The zero-order valence-electron chi connectivity index (χ0n) is 13.5. The molecule has 1 aromatic carbocycles. The molecule has 6 heteroatoms. The maximum Gasteiger partial charge on any atom is 0.123 e. The number of aliphatic hydroxyl groups is 1. The van der Waals surface area contributed by atoms with Gasteiger partial charge in [-0.05, 0) is 49.8 Å². The largest absolute Gasteiger partial charge is 0.394 e. The predicted molar refractivity (Wildman–Crippen MR) is 90.1 cm³/mol. The fourth-order valence-electron chi connectivity index (χ4n) is 3.10. The van der Waals surface area contributed by atoms with E-state index in [0.29, 0.717) is 13.1 Å². The number of aliphatic hydroxyl groups excluding tert-OH is 1. The van der Waals surface area contributed by atoms with Gasteiger partial charge in [-0.3, -0.25) is 4.68 Å². The first-order valence-corrected chi connectivity index (χ1v) is 8.88. The molecule has 0 radical (unpaired) electrons. The lowest BCUT2D eigenvalue weighted by Crippen LogP contribution is -2.25. The Morgan fingerprint density at radius 1 is 1.43 bits per heavy atom. The molecule has 1 atom stereocenters. The van der Waals surface area contributed by atoms with Gasteiger partial charge in [-0.15, -0.1) is 11.8 Å². The number of nitrogens with one attached hydrogen (secondary N) is 1. The van der Waals surface area contributed by atoms with Crippen LogP contribution in [-0.2, 0) is 13.1 Å². The molecule has 0 spiro atoms. The van der Waals surface area contributed by atoms with E-state index >= 15 is 0 Å². The van der Waals surface area contributed by atoms with E-state index in [2.05, 4.69) is 10.4 Å². The van der Waals surface area contributed by atoms with Crippen LogP contribution >= 0.6 is 11.8 Å². The highest BCUT2D eigenvalue weighted by molar-refractivity contribution is 7.99. The summed E-state index contributed by atoms with van der Waals surface area (Å²) in [6.07, 6.45) is 0.990. The second kappa shape index (κ2) is 7.03. The van der Waals surface area contributed by atoms with Crippen LogP contribution in [0.15, 0.2) is 23.1 Å². The van der Waals surface area contributed by atoms with E-state index in [1.54, 1.807) is 17.8 Å². The molecule has 1 aliphatic rings. The topological polar surface area (TPSA) is 50.1 Å². The van der Waals surface area contributed by atoms with E-state index in [1.807, 2.05) is 24.6 Å². The van der Waals surface area contributed by atoms with Crippen molar-refractivity contribution in [3.63, 3.8) is 0 Å². The lowest BCUT2D eigenvalue weighted by atomic mass is 10.0. The summed E-state index contributed by atoms with van der Waals surface area (Å²) in [5.74, 6) is 0.860. The third-order valence-electron chi connectivity index (χ3n) is 4.38. The Morgan fingerprint density at radius 3 is 3.04 bits per heavy atom. The minimum atomic E-state index is -0.179. The monoisotopic (exact) mass is 335 g/mol. The Hall–Kier alpha value is -1.37. The quantitative estimate of drug-likeness (QED) is 0.882. The minimum absolute atomic E-state index is 0.0847. The molecular formula is C17H22FN3OS. The number of nitrogens with zero attached hydrogens (tertiary/aromatic N) is 2. The number of hydrogen-bond donors (Lipinski definition) is 2. The molecule has 23 heavy (non-hydrogen) atoms. The number of aromatic nitrogens is 2. The van der Waals surface area contributed by atoms with E-state index in [9.17, 15) is 4.39 Å². The standard InChI is InChI=1S/C17H22FN3OS/c1-11-15(12(2)21(20-11)6-7-22)10-19-16-5-8-23-17-4-3-13(18)9-14(16)17/h3-4,9,16,19,22H,5-8,10H2,1-2H3/t16-/m1/s1. The molecule has 124 valence electrons. The van der Waals surface area contributed by atoms with Crippen LogP contribution in [-0.4, -0.2) is 27.2 Å². The highest BCUT2D eigenvalue weighted by Crippen LogP contribution is 2.36. The van der Waals surface area contributed by atoms with Crippen molar-refractivity contribution in [1.29, 1.82) is 0 Å². The number of hydrogen-bond acceptors (Lipinski definition) is 4. The highest BCUT2D eigenvalue weighted by Gasteiger charge is 2.22. The van der Waals surface area contributed by atoms with Gasteiger partial charge in [0, 0.05) is 28.7 Å². The molecule has 2 N–H and O–H groups in total. The van der Waals surface area contributed by atoms with Crippen molar-refractivity contribution in [3.05, 3.63) is 46.5 Å². The summed E-state index contributed by atoms with van der Waals surface area (Å²) < 4.78 is 15.4. The van der Waals surface area contributed by atoms with Crippen LogP contribution in [0.5, 0.6) is 0 Å². The maximum atomic E-state index is 13.6. The summed E-state index contributed by atoms with van der Waals surface area (Å²) in [5.41, 5.74) is 4.27. The van der Waals surface area contributed by atoms with Gasteiger partial charge in [0.2, 0.25) is 0 Å². The van der Waals surface area contributed by atoms with Crippen molar-refractivity contribution >= 4 is 11.8 Å². The summed E-state index contributed by atoms with van der Waals surface area (Å²) in [6, 6.07) is 5.22. The van der Waals surface area contributed by atoms with Crippen molar-refractivity contribution in [2.45, 2.75) is 44.3 Å². The van der Waals surface area contributed by atoms with Crippen molar-refractivity contribution in [1.82, 2.24) is 15.1 Å². The molecule has 0 fully saturated rings. The molecule has 3 rings (SSSR count). The third kappa shape index (κ3) is 3.44. The van der Waals surface area contributed by atoms with Crippen LogP contribution in [0.1, 0.15) is 35.0 Å². The summed E-state index contributed by atoms with van der Waals surface area (Å²) in [6.45, 7) is 5.32. The molecule has 1 aromatic heterocycles. The maximum absolute atomic E-state index is 13.6. The second-order valence-electron chi connectivity index (χ2n) is 5.85. The molecule has 1 aliphatic heterocycles. The molecule has 4 nitrogen and oxygen atoms in total. The van der Waals surface area contributed by atoms with Gasteiger partial charge >= 0.3 is 0 Å². The van der Waals surface area contributed by atoms with E-state index in [-0.39, 0.29) is 18.5 Å². The van der Waals surface area contributed by atoms with Gasteiger partial charge in [0.05, 0.1) is 18.8 Å². The highest BCUT2D eigenvalue weighted by atomic mass is 32.2. The molecular weight excluding hydrogens is 313 g/mol. The van der Waals surface area contributed by atoms with E-state index in [1.165, 1.54) is 11.0 Å². The average molecular weight is 335 g/mol. The van der Waals surface area contributed by atoms with Crippen molar-refractivity contribution in [2.24, 2.45) is 0 Å². The molecule has 0 aliphatic carbocycles. The van der Waals surface area contributed by atoms with Gasteiger partial charge in [-0.1, -0.05) is 0 Å². The molecule has 0 amide bonds. The van der Waals surface area contributed by atoms with Gasteiger partial charge in [-0.25, -0.2) is 4.39 Å². The van der Waals surface area contributed by atoms with Crippen molar-refractivity contribution < 1.29 is 9.50 Å². The Labute approximate surface area is 140 Å². The lowest BCUT2D eigenvalue weighted by Gasteiger charge is -2.26. The summed E-state index contributed by atoms with van der Waals surface area (Å²) in [4.78, 5) is 1.17. The Balaban J connectivity index is 1.76. The normalized spacial score (nSPS) is 17.3. The summed E-state index contributed by atoms with van der Waals surface area (Å²) in [5, 5.41) is 17.1. The van der Waals surface area contributed by atoms with E-state index < -0.39 is 0 Å². The first-order chi connectivity index (χ1) is 11.1. The molecule has 2 heterocycles. The Bertz CT molecular complexity index is 701. The number of rotatable bonds is 5. The van der Waals surface area contributed by atoms with Gasteiger partial charge in [0.1, 0.15) is 5.82 Å². The SMILES string of the molecule is Cc1nn(CCO)c(C)c1CN[C@@H]1CCSc2ccc(F)cc21. The lowest BCUT2D eigenvalue weighted by molar-refractivity contribution is 0.267. The number of aryl methyl sites for hydroxylation is 1. The second-order valence-corrected chi connectivity index (χ2v) is 6.99. The van der Waals surface area contributed by atoms with Crippen LogP contribution in [0.2, 0.25) is 0 Å². The van der Waals surface area contributed by atoms with Crippen molar-refractivity contribution in [3.8, 4) is 0 Å². The third-order valence-corrected chi connectivity index (χ3v) is 5.50. The van der Waals surface area contributed by atoms with Crippen LogP contribution in [0.3, 0.4) is 0 Å². The molecule has 0 saturated carbocycles. The Kier molecular flexibility index (Phi) is 5.04. The fraction of sp³-hybridized carbons (Fsp3) is 0.471. The smallest absolute Gasteiger partial charge is 0.123 e. The molecule has 2 aromatic rings. The van der Waals surface area contributed by atoms with Crippen LogP contribution in [0, 0.1) is 19.7 Å². The van der Waals surface area contributed by atoms with Crippen LogP contribution < -0.4 is 5.32 Å². The van der Waals surface area contributed by atoms with E-state index in [0.717, 1.165) is 34.7 Å². The number of halogens is 1. The number of benzene rings is 1. The van der Waals surface area contributed by atoms with Gasteiger partial charge < -0.3 is 10.4 Å².